The van der Waals surface area contributed by atoms with Gasteiger partial charge in [-0.1, -0.05) is 19.9 Å². The number of fused-ring (bicyclic) bond motifs is 1. The third kappa shape index (κ3) is 4.25. The molecule has 0 aromatic heterocycles. The molecule has 4 nitrogen and oxygen atoms in total. The summed E-state index contributed by atoms with van der Waals surface area (Å²) in [5.41, 5.74) is 2.93. The number of hydrogen-bond acceptors (Lipinski definition) is 4. The molecule has 0 N–H and O–H groups in total. The smallest absolute Gasteiger partial charge is 0.168 e. The molecule has 0 aliphatic carbocycles. The fraction of sp³-hybridized carbons (Fsp3) is 0.684. The maximum Gasteiger partial charge on any atom is 0.168 e. The third-order valence-electron chi connectivity index (χ3n) is 4.74. The highest BCUT2D eigenvalue weighted by Crippen LogP contribution is 2.31. The van der Waals surface area contributed by atoms with Gasteiger partial charge in [-0.05, 0) is 43.7 Å². The molecule has 2 aliphatic rings. The molecule has 0 spiro atoms. The van der Waals surface area contributed by atoms with Gasteiger partial charge in [-0.15, -0.1) is 0 Å². The van der Waals surface area contributed by atoms with Crippen molar-refractivity contribution in [2.24, 2.45) is 5.41 Å². The summed E-state index contributed by atoms with van der Waals surface area (Å²) >= 11 is 0. The molecular formula is C19H29NO3. The second kappa shape index (κ2) is 6.42. The molecule has 1 aromatic carbocycles. The Morgan fingerprint density at radius 3 is 2.61 bits per heavy atom. The van der Waals surface area contributed by atoms with Crippen LogP contribution in [0.2, 0.25) is 0 Å². The average molecular weight is 319 g/mol. The zero-order valence-corrected chi connectivity index (χ0v) is 14.9. The number of likely N-dealkylation sites (N-methyl/N-ethyl adjacent to an activating group) is 1. The predicted octanol–water partition coefficient (Wildman–Crippen LogP) is 3.23. The van der Waals surface area contributed by atoms with Crippen LogP contribution >= 0.6 is 0 Å². The molecule has 2 aliphatic heterocycles. The van der Waals surface area contributed by atoms with E-state index in [4.69, 9.17) is 14.2 Å². The first-order chi connectivity index (χ1) is 10.9. The van der Waals surface area contributed by atoms with Gasteiger partial charge < -0.3 is 19.1 Å². The van der Waals surface area contributed by atoms with Gasteiger partial charge in [0.1, 0.15) is 5.75 Å². The van der Waals surface area contributed by atoms with Crippen molar-refractivity contribution in [1.82, 2.24) is 4.90 Å². The monoisotopic (exact) mass is 319 g/mol. The van der Waals surface area contributed by atoms with Gasteiger partial charge in [0.05, 0.1) is 19.8 Å². The van der Waals surface area contributed by atoms with Gasteiger partial charge in [0.25, 0.3) is 0 Å². The van der Waals surface area contributed by atoms with Gasteiger partial charge in [0, 0.05) is 24.9 Å². The first-order valence-corrected chi connectivity index (χ1v) is 8.56. The fourth-order valence-corrected chi connectivity index (χ4v) is 3.04. The average Bonchev–Trinajstić information content (AvgIpc) is 2.51. The van der Waals surface area contributed by atoms with E-state index >= 15 is 0 Å². The van der Waals surface area contributed by atoms with E-state index in [-0.39, 0.29) is 5.41 Å². The van der Waals surface area contributed by atoms with E-state index in [0.29, 0.717) is 6.61 Å². The Balaban J connectivity index is 1.51. The standard InChI is InChI=1S/C19H29NO3/c1-18(2)13-22-19(3,23-14-18)8-10-21-17-6-5-16-12-20(4)9-7-15(16)11-17/h5-6,11H,7-10,12-14H2,1-4H3. The van der Waals surface area contributed by atoms with E-state index in [1.807, 2.05) is 6.92 Å². The topological polar surface area (TPSA) is 30.9 Å². The molecule has 128 valence electrons. The molecule has 23 heavy (non-hydrogen) atoms. The number of nitrogens with zero attached hydrogens (tertiary/aromatic N) is 1. The largest absolute Gasteiger partial charge is 0.493 e. The van der Waals surface area contributed by atoms with Crippen LogP contribution < -0.4 is 4.74 Å². The molecule has 0 unspecified atom stereocenters. The van der Waals surface area contributed by atoms with Gasteiger partial charge in [-0.2, -0.15) is 0 Å². The molecule has 1 aromatic rings. The Morgan fingerprint density at radius 2 is 1.87 bits per heavy atom. The fourth-order valence-electron chi connectivity index (χ4n) is 3.04. The molecule has 2 heterocycles. The molecular weight excluding hydrogens is 290 g/mol. The van der Waals surface area contributed by atoms with E-state index in [0.717, 1.165) is 44.9 Å². The van der Waals surface area contributed by atoms with Crippen LogP contribution in [0.1, 0.15) is 38.3 Å². The summed E-state index contributed by atoms with van der Waals surface area (Å²) in [4.78, 5) is 2.35. The van der Waals surface area contributed by atoms with Crippen molar-refractivity contribution >= 4 is 0 Å². The first kappa shape index (κ1) is 16.7. The highest BCUT2D eigenvalue weighted by Gasteiger charge is 2.36. The van der Waals surface area contributed by atoms with Crippen LogP contribution in [-0.2, 0) is 22.4 Å². The van der Waals surface area contributed by atoms with E-state index in [1.165, 1.54) is 11.1 Å². The summed E-state index contributed by atoms with van der Waals surface area (Å²) in [5, 5.41) is 0. The zero-order chi connectivity index (χ0) is 16.5. The Kier molecular flexibility index (Phi) is 4.68. The lowest BCUT2D eigenvalue weighted by Gasteiger charge is -2.41. The molecule has 4 heteroatoms. The Labute approximate surface area is 139 Å². The molecule has 0 saturated carbocycles. The van der Waals surface area contributed by atoms with Crippen LogP contribution in [0, 0.1) is 5.41 Å². The minimum absolute atomic E-state index is 0.103. The lowest BCUT2D eigenvalue weighted by atomic mass is 9.94. The van der Waals surface area contributed by atoms with Gasteiger partial charge in [-0.25, -0.2) is 0 Å². The van der Waals surface area contributed by atoms with E-state index < -0.39 is 5.79 Å². The summed E-state index contributed by atoms with van der Waals surface area (Å²) in [5.74, 6) is 0.431. The zero-order valence-electron chi connectivity index (χ0n) is 14.9. The minimum Gasteiger partial charge on any atom is -0.493 e. The Bertz CT molecular complexity index is 546. The third-order valence-corrected chi connectivity index (χ3v) is 4.74. The number of ether oxygens (including phenoxy) is 3. The van der Waals surface area contributed by atoms with Crippen molar-refractivity contribution in [2.75, 3.05) is 33.4 Å². The minimum atomic E-state index is -0.521. The Hall–Kier alpha value is -1.10. The lowest BCUT2D eigenvalue weighted by Crippen LogP contribution is -2.46. The molecule has 1 fully saturated rings. The van der Waals surface area contributed by atoms with Gasteiger partial charge in [0.15, 0.2) is 5.79 Å². The maximum absolute atomic E-state index is 5.95. The second-order valence-electron chi connectivity index (χ2n) is 7.89. The van der Waals surface area contributed by atoms with E-state index in [9.17, 15) is 0 Å². The van der Waals surface area contributed by atoms with Crippen molar-refractivity contribution in [3.05, 3.63) is 29.3 Å². The van der Waals surface area contributed by atoms with Crippen molar-refractivity contribution in [1.29, 1.82) is 0 Å². The van der Waals surface area contributed by atoms with E-state index in [1.54, 1.807) is 0 Å². The van der Waals surface area contributed by atoms with Crippen molar-refractivity contribution in [2.45, 2.75) is 45.9 Å². The van der Waals surface area contributed by atoms with Crippen molar-refractivity contribution in [3.8, 4) is 5.75 Å². The summed E-state index contributed by atoms with van der Waals surface area (Å²) in [7, 11) is 2.17. The van der Waals surface area contributed by atoms with Crippen LogP contribution in [0.3, 0.4) is 0 Å². The molecule has 0 amide bonds. The number of hydrogen-bond donors (Lipinski definition) is 0. The summed E-state index contributed by atoms with van der Waals surface area (Å²) < 4.78 is 17.8. The number of rotatable bonds is 4. The van der Waals surface area contributed by atoms with Crippen LogP contribution in [-0.4, -0.2) is 44.1 Å². The lowest BCUT2D eigenvalue weighted by molar-refractivity contribution is -0.293. The highest BCUT2D eigenvalue weighted by molar-refractivity contribution is 5.37. The van der Waals surface area contributed by atoms with E-state index in [2.05, 4.69) is 44.0 Å². The maximum atomic E-state index is 5.95. The SMILES string of the molecule is CN1CCc2cc(OCCC3(C)OCC(C)(C)CO3)ccc2C1. The molecule has 3 rings (SSSR count). The van der Waals surface area contributed by atoms with Gasteiger partial charge >= 0.3 is 0 Å². The summed E-state index contributed by atoms with van der Waals surface area (Å²) in [6.07, 6.45) is 1.84. The predicted molar refractivity (Wildman–Crippen MR) is 90.7 cm³/mol. The molecule has 0 bridgehead atoms. The second-order valence-corrected chi connectivity index (χ2v) is 7.89. The summed E-state index contributed by atoms with van der Waals surface area (Å²) in [6, 6.07) is 6.46. The number of benzene rings is 1. The Morgan fingerprint density at radius 1 is 1.13 bits per heavy atom. The first-order valence-electron chi connectivity index (χ1n) is 8.56. The quantitative estimate of drug-likeness (QED) is 0.852. The molecule has 1 saturated heterocycles. The van der Waals surface area contributed by atoms with Gasteiger partial charge in [-0.3, -0.25) is 0 Å². The van der Waals surface area contributed by atoms with Crippen molar-refractivity contribution in [3.63, 3.8) is 0 Å². The van der Waals surface area contributed by atoms with Crippen LogP contribution in [0.4, 0.5) is 0 Å². The van der Waals surface area contributed by atoms with Crippen LogP contribution in [0.25, 0.3) is 0 Å². The van der Waals surface area contributed by atoms with Gasteiger partial charge in [0.2, 0.25) is 0 Å². The van der Waals surface area contributed by atoms with Crippen LogP contribution in [0.15, 0.2) is 18.2 Å². The van der Waals surface area contributed by atoms with Crippen molar-refractivity contribution < 1.29 is 14.2 Å². The summed E-state index contributed by atoms with van der Waals surface area (Å²) in [6.45, 7) is 10.5. The van der Waals surface area contributed by atoms with Crippen LogP contribution in [0.5, 0.6) is 5.75 Å². The molecule has 0 radical (unpaired) electrons. The normalized spacial score (nSPS) is 23.3. The molecule has 0 atom stereocenters. The highest BCUT2D eigenvalue weighted by atomic mass is 16.7.